The van der Waals surface area contributed by atoms with Crippen molar-refractivity contribution in [3.8, 4) is 0 Å². The molecule has 10 atom stereocenters. The molecule has 0 aromatic heterocycles. The summed E-state index contributed by atoms with van der Waals surface area (Å²) in [6.45, 7) is 0. The van der Waals surface area contributed by atoms with Crippen LogP contribution in [0.1, 0.15) is 0 Å². The Morgan fingerprint density at radius 3 is 0.240 bits per heavy atom. The predicted molar refractivity (Wildman–Crippen MR) is 136 cm³/mol. The minimum atomic E-state index is -2.27. The fraction of sp³-hybridized carbons (Fsp3) is 0.500. The van der Waals surface area contributed by atoms with Gasteiger partial charge in [-0.25, -0.2) is 47.9 Å². The molecule has 0 spiro atoms. The molecule has 0 fully saturated rings. The molecule has 0 saturated heterocycles. The topological polar surface area (TPSA) is 575 Å². The monoisotopic (exact) mass is 750 g/mol. The third-order valence-corrected chi connectivity index (χ3v) is 4.03. The maximum absolute atomic E-state index is 9.77. The average molecular weight is 750 g/mol. The van der Waals surface area contributed by atoms with Gasteiger partial charge in [0.2, 0.25) is 0 Å². The van der Waals surface area contributed by atoms with Gasteiger partial charge in [-0.1, -0.05) is 0 Å². The fourth-order valence-electron chi connectivity index (χ4n) is 1.35. The second kappa shape index (κ2) is 26.3. The van der Waals surface area contributed by atoms with Gasteiger partial charge in [-0.05, 0) is 0 Å². The molecule has 10 unspecified atom stereocenters. The standard InChI is InChI=1S/5C4H6O6/c5*5-1(3(7)8)2(6)4(9)10/h5*1-2,5-6H,(H,7,8)(H,9,10). The molecule has 50 heavy (non-hydrogen) atoms. The zero-order chi connectivity index (χ0) is 41.5. The summed E-state index contributed by atoms with van der Waals surface area (Å²) < 4.78 is 0. The number of hydrogen-bond donors (Lipinski definition) is 20. The van der Waals surface area contributed by atoms with Crippen molar-refractivity contribution in [1.82, 2.24) is 0 Å². The molecular formula is C20H30O30. The van der Waals surface area contributed by atoms with Gasteiger partial charge >= 0.3 is 59.7 Å². The summed E-state index contributed by atoms with van der Waals surface area (Å²) >= 11 is 0. The Morgan fingerprint density at radius 2 is 0.220 bits per heavy atom. The summed E-state index contributed by atoms with van der Waals surface area (Å²) in [5.74, 6) is -17.7. The Hall–Kier alpha value is -5.70. The molecule has 0 aliphatic rings. The smallest absolute Gasteiger partial charge is 0.335 e. The second-order valence-corrected chi connectivity index (χ2v) is 7.83. The quantitative estimate of drug-likeness (QED) is 0.0738. The summed E-state index contributed by atoms with van der Waals surface area (Å²) in [5, 5.41) is 163. The van der Waals surface area contributed by atoms with Gasteiger partial charge < -0.3 is 102 Å². The van der Waals surface area contributed by atoms with Crippen molar-refractivity contribution in [2.24, 2.45) is 0 Å². The lowest BCUT2D eigenvalue weighted by Crippen LogP contribution is -2.39. The van der Waals surface area contributed by atoms with Crippen molar-refractivity contribution in [3.05, 3.63) is 0 Å². The highest BCUT2D eigenvalue weighted by Crippen LogP contribution is 1.95. The molecule has 0 heterocycles. The molecule has 0 amide bonds. The largest absolute Gasteiger partial charge is 0.479 e. The van der Waals surface area contributed by atoms with Crippen LogP contribution < -0.4 is 0 Å². The summed E-state index contributed by atoms with van der Waals surface area (Å²) in [6, 6.07) is 0. The molecule has 0 bridgehead atoms. The fourth-order valence-corrected chi connectivity index (χ4v) is 1.35. The molecule has 0 rings (SSSR count). The van der Waals surface area contributed by atoms with Crippen molar-refractivity contribution in [3.63, 3.8) is 0 Å². The van der Waals surface area contributed by atoms with Crippen LogP contribution in [-0.2, 0) is 47.9 Å². The summed E-state index contributed by atoms with van der Waals surface area (Å²) in [4.78, 5) is 97.7. The van der Waals surface area contributed by atoms with Crippen LogP contribution in [0.2, 0.25) is 0 Å². The molecule has 0 saturated carbocycles. The highest BCUT2D eigenvalue weighted by atomic mass is 16.5. The maximum atomic E-state index is 9.77. The number of hydrogen-bond acceptors (Lipinski definition) is 20. The van der Waals surface area contributed by atoms with E-state index in [1.807, 2.05) is 0 Å². The summed E-state index contributed by atoms with van der Waals surface area (Å²) in [5.41, 5.74) is 0. The van der Waals surface area contributed by atoms with E-state index in [1.54, 1.807) is 0 Å². The molecule has 0 aliphatic heterocycles. The van der Waals surface area contributed by atoms with Gasteiger partial charge in [0.05, 0.1) is 0 Å². The predicted octanol–water partition coefficient (Wildman–Crippen LogP) is -10.6. The van der Waals surface area contributed by atoms with E-state index < -0.39 is 121 Å². The highest BCUT2D eigenvalue weighted by molar-refractivity contribution is 5.85. The van der Waals surface area contributed by atoms with Crippen molar-refractivity contribution in [2.45, 2.75) is 61.0 Å². The van der Waals surface area contributed by atoms with Crippen LogP contribution in [0.15, 0.2) is 0 Å². The Balaban J connectivity index is -0.000000169. The Morgan fingerprint density at radius 1 is 0.180 bits per heavy atom. The number of carboxylic acids is 10. The first-order valence-electron chi connectivity index (χ1n) is 11.4. The van der Waals surface area contributed by atoms with E-state index in [4.69, 9.17) is 102 Å². The summed E-state index contributed by atoms with van der Waals surface area (Å²) in [6.07, 6.45) is -22.7. The van der Waals surface area contributed by atoms with Gasteiger partial charge in [-0.2, -0.15) is 0 Å². The summed E-state index contributed by atoms with van der Waals surface area (Å²) in [7, 11) is 0. The lowest BCUT2D eigenvalue weighted by Gasteiger charge is -2.07. The first-order chi connectivity index (χ1) is 22.3. The van der Waals surface area contributed by atoms with Crippen LogP contribution in [0.25, 0.3) is 0 Å². The van der Waals surface area contributed by atoms with Crippen molar-refractivity contribution < 1.29 is 150 Å². The first-order valence-corrected chi connectivity index (χ1v) is 11.4. The van der Waals surface area contributed by atoms with Crippen LogP contribution in [0.5, 0.6) is 0 Å². The van der Waals surface area contributed by atoms with Gasteiger partial charge in [-0.3, -0.25) is 0 Å². The third-order valence-electron chi connectivity index (χ3n) is 4.03. The Labute approximate surface area is 271 Å². The minimum Gasteiger partial charge on any atom is -0.479 e. The molecule has 30 nitrogen and oxygen atoms in total. The molecule has 0 aliphatic carbocycles. The number of carbonyl (C=O) groups is 10. The molecule has 0 radical (unpaired) electrons. The zero-order valence-corrected chi connectivity index (χ0v) is 23.8. The van der Waals surface area contributed by atoms with Gasteiger partial charge in [0.25, 0.3) is 0 Å². The van der Waals surface area contributed by atoms with Gasteiger partial charge in [0, 0.05) is 0 Å². The normalized spacial score (nSPS) is 15.8. The lowest BCUT2D eigenvalue weighted by molar-refractivity contribution is -0.165. The van der Waals surface area contributed by atoms with Crippen LogP contribution in [-0.4, -0.2) is 223 Å². The maximum Gasteiger partial charge on any atom is 0.335 e. The molecular weight excluding hydrogens is 720 g/mol. The van der Waals surface area contributed by atoms with Gasteiger partial charge in [0.15, 0.2) is 61.0 Å². The van der Waals surface area contributed by atoms with Gasteiger partial charge in [0.1, 0.15) is 0 Å². The molecule has 290 valence electrons. The minimum absolute atomic E-state index is 1.77. The SMILES string of the molecule is O=C(O)C(O)C(O)C(=O)O.O=C(O)C(O)C(O)C(=O)O.O=C(O)C(O)C(O)C(=O)O.O=C(O)C(O)C(O)C(=O)O.O=C(O)C(O)C(O)C(=O)O. The van der Waals surface area contributed by atoms with E-state index in [2.05, 4.69) is 0 Å². The van der Waals surface area contributed by atoms with E-state index >= 15 is 0 Å². The number of rotatable bonds is 15. The molecule has 20 N–H and O–H groups in total. The van der Waals surface area contributed by atoms with E-state index in [1.165, 1.54) is 0 Å². The molecule has 0 aromatic carbocycles. The van der Waals surface area contributed by atoms with Crippen molar-refractivity contribution >= 4 is 59.7 Å². The van der Waals surface area contributed by atoms with Crippen LogP contribution in [0.3, 0.4) is 0 Å². The number of aliphatic hydroxyl groups is 10. The van der Waals surface area contributed by atoms with Crippen molar-refractivity contribution in [2.75, 3.05) is 0 Å². The van der Waals surface area contributed by atoms with Crippen LogP contribution >= 0.6 is 0 Å². The third kappa shape index (κ3) is 24.5. The van der Waals surface area contributed by atoms with E-state index in [0.29, 0.717) is 0 Å². The number of aliphatic hydroxyl groups excluding tert-OH is 10. The zero-order valence-electron chi connectivity index (χ0n) is 23.8. The van der Waals surface area contributed by atoms with E-state index in [9.17, 15) is 47.9 Å². The number of aliphatic carboxylic acids is 10. The van der Waals surface area contributed by atoms with Gasteiger partial charge in [-0.15, -0.1) is 0 Å². The molecule has 30 heteroatoms. The average Bonchev–Trinajstić information content (AvgIpc) is 3.01. The van der Waals surface area contributed by atoms with E-state index in [0.717, 1.165) is 0 Å². The Bertz CT molecular complexity index is 878. The molecule has 0 aromatic rings. The van der Waals surface area contributed by atoms with Crippen LogP contribution in [0, 0.1) is 0 Å². The first kappa shape index (κ1) is 53.8. The van der Waals surface area contributed by atoms with Crippen molar-refractivity contribution in [1.29, 1.82) is 0 Å². The highest BCUT2D eigenvalue weighted by Gasteiger charge is 2.32. The number of carboxylic acid groups (broad SMARTS) is 10. The van der Waals surface area contributed by atoms with E-state index in [-0.39, 0.29) is 0 Å². The second-order valence-electron chi connectivity index (χ2n) is 7.83. The Kier molecular flexibility index (Phi) is 28.3. The lowest BCUT2D eigenvalue weighted by atomic mass is 10.2. The van der Waals surface area contributed by atoms with Crippen LogP contribution in [0.4, 0.5) is 0 Å².